The van der Waals surface area contributed by atoms with Gasteiger partial charge in [-0.3, -0.25) is 9.69 Å². The van der Waals surface area contributed by atoms with Crippen LogP contribution >= 0.6 is 0 Å². The van der Waals surface area contributed by atoms with E-state index < -0.39 is 0 Å². The highest BCUT2D eigenvalue weighted by Crippen LogP contribution is 2.29. The normalized spacial score (nSPS) is 29.1. The lowest BCUT2D eigenvalue weighted by Crippen LogP contribution is -2.41. The second-order valence-corrected chi connectivity index (χ2v) is 4.56. The number of carbonyl (C=O) groups excluding carboxylic acids is 1. The molecule has 0 amide bonds. The highest BCUT2D eigenvalue weighted by molar-refractivity contribution is 5.78. The molecule has 0 radical (unpaired) electrons. The third-order valence-electron chi connectivity index (χ3n) is 3.45. The molecule has 0 aromatic heterocycles. The minimum atomic E-state index is -0.0292. The van der Waals surface area contributed by atoms with Gasteiger partial charge in [-0.1, -0.05) is 30.3 Å². The molecule has 2 saturated heterocycles. The Morgan fingerprint density at radius 2 is 2.12 bits per heavy atom. The van der Waals surface area contributed by atoms with Crippen LogP contribution in [0.3, 0.4) is 0 Å². The van der Waals surface area contributed by atoms with Crippen molar-refractivity contribution in [2.45, 2.75) is 31.5 Å². The summed E-state index contributed by atoms with van der Waals surface area (Å²) in [7, 11) is 0. The number of piperidine rings is 1. The lowest BCUT2D eigenvalue weighted by Gasteiger charge is -2.29. The lowest BCUT2D eigenvalue weighted by atomic mass is 10.0. The summed E-state index contributed by atoms with van der Waals surface area (Å²) in [4.78, 5) is 13.8. The Kier molecular flexibility index (Phi) is 2.40. The van der Waals surface area contributed by atoms with E-state index in [2.05, 4.69) is 17.0 Å². The number of fused-ring (bicyclic) bond motifs is 2. The van der Waals surface area contributed by atoms with Crippen LogP contribution in [0.4, 0.5) is 0 Å². The number of likely N-dealkylation sites (tertiary alicyclic amines) is 1. The molecule has 0 aliphatic carbocycles. The molecular weight excluding hydrogens is 202 g/mol. The molecule has 2 unspecified atom stereocenters. The maximum atomic E-state index is 11.6. The van der Waals surface area contributed by atoms with Gasteiger partial charge >= 0.3 is 5.97 Å². The van der Waals surface area contributed by atoms with E-state index in [1.165, 1.54) is 5.56 Å². The van der Waals surface area contributed by atoms with Crippen molar-refractivity contribution in [2.24, 2.45) is 0 Å². The zero-order chi connectivity index (χ0) is 11.0. The molecule has 1 aromatic carbocycles. The van der Waals surface area contributed by atoms with Crippen molar-refractivity contribution in [3.8, 4) is 0 Å². The summed E-state index contributed by atoms with van der Waals surface area (Å²) in [5.74, 6) is -0.0292. The van der Waals surface area contributed by atoms with Crippen LogP contribution in [0.25, 0.3) is 0 Å². The number of nitrogens with zero attached hydrogens (tertiary/aromatic N) is 1. The molecule has 2 bridgehead atoms. The molecule has 2 aliphatic heterocycles. The zero-order valence-corrected chi connectivity index (χ0v) is 9.13. The van der Waals surface area contributed by atoms with Gasteiger partial charge in [-0.25, -0.2) is 0 Å². The summed E-state index contributed by atoms with van der Waals surface area (Å²) in [6.07, 6.45) is 2.05. The van der Waals surface area contributed by atoms with E-state index >= 15 is 0 Å². The molecule has 0 N–H and O–H groups in total. The fourth-order valence-electron chi connectivity index (χ4n) is 2.58. The van der Waals surface area contributed by atoms with E-state index in [4.69, 9.17) is 4.74 Å². The number of hydrogen-bond acceptors (Lipinski definition) is 3. The first-order chi connectivity index (χ1) is 7.83. The Hall–Kier alpha value is -1.35. The maximum Gasteiger partial charge on any atom is 0.323 e. The molecule has 2 fully saturated rings. The molecule has 16 heavy (non-hydrogen) atoms. The summed E-state index contributed by atoms with van der Waals surface area (Å²) in [5.41, 5.74) is 1.26. The number of carbonyl (C=O) groups is 1. The zero-order valence-electron chi connectivity index (χ0n) is 9.13. The minimum absolute atomic E-state index is 0.000967. The average molecular weight is 217 g/mol. The molecule has 2 aliphatic rings. The Balaban J connectivity index is 1.74. The third kappa shape index (κ3) is 1.71. The third-order valence-corrected chi connectivity index (χ3v) is 3.45. The second kappa shape index (κ2) is 3.91. The van der Waals surface area contributed by atoms with E-state index in [1.54, 1.807) is 0 Å². The van der Waals surface area contributed by atoms with E-state index in [9.17, 15) is 4.79 Å². The molecule has 1 aromatic rings. The van der Waals surface area contributed by atoms with Crippen molar-refractivity contribution in [1.82, 2.24) is 4.90 Å². The van der Waals surface area contributed by atoms with Gasteiger partial charge in [0, 0.05) is 19.5 Å². The van der Waals surface area contributed by atoms with Crippen molar-refractivity contribution in [2.75, 3.05) is 6.54 Å². The van der Waals surface area contributed by atoms with Crippen molar-refractivity contribution in [3.05, 3.63) is 35.9 Å². The van der Waals surface area contributed by atoms with Crippen molar-refractivity contribution in [1.29, 1.82) is 0 Å². The SMILES string of the molecule is O=C1OC2CCN(Cc3ccccc3)C1C2. The standard InChI is InChI=1S/C13H15NO2/c15-13-12-8-11(16-13)6-7-14(12)9-10-4-2-1-3-5-10/h1-5,11-12H,6-9H2. The molecule has 3 heteroatoms. The van der Waals surface area contributed by atoms with Crippen LogP contribution in [-0.4, -0.2) is 29.6 Å². The van der Waals surface area contributed by atoms with Gasteiger partial charge in [0.05, 0.1) is 0 Å². The maximum absolute atomic E-state index is 11.6. The first-order valence-corrected chi connectivity index (χ1v) is 5.81. The quantitative estimate of drug-likeness (QED) is 0.704. The van der Waals surface area contributed by atoms with Crippen LogP contribution in [0.1, 0.15) is 18.4 Å². The Morgan fingerprint density at radius 3 is 2.94 bits per heavy atom. The molecular formula is C13H15NO2. The van der Waals surface area contributed by atoms with Crippen LogP contribution in [-0.2, 0) is 16.1 Å². The number of ether oxygens (including phenoxy) is 1. The topological polar surface area (TPSA) is 29.5 Å². The van der Waals surface area contributed by atoms with E-state index in [-0.39, 0.29) is 18.1 Å². The summed E-state index contributed by atoms with van der Waals surface area (Å²) >= 11 is 0. The largest absolute Gasteiger partial charge is 0.461 e. The van der Waals surface area contributed by atoms with Crippen molar-refractivity contribution in [3.63, 3.8) is 0 Å². The monoisotopic (exact) mass is 217 g/mol. The van der Waals surface area contributed by atoms with Crippen LogP contribution in [0.15, 0.2) is 30.3 Å². The highest BCUT2D eigenvalue weighted by atomic mass is 16.6. The van der Waals surface area contributed by atoms with Gasteiger partial charge < -0.3 is 4.74 Å². The number of benzene rings is 1. The Bertz CT molecular complexity index is 390. The molecule has 3 rings (SSSR count). The molecule has 2 heterocycles. The van der Waals surface area contributed by atoms with Crippen LogP contribution in [0.5, 0.6) is 0 Å². The summed E-state index contributed by atoms with van der Waals surface area (Å²) in [6, 6.07) is 10.3. The smallest absolute Gasteiger partial charge is 0.323 e. The summed E-state index contributed by atoms with van der Waals surface area (Å²) in [5, 5.41) is 0. The van der Waals surface area contributed by atoms with Gasteiger partial charge in [0.25, 0.3) is 0 Å². The summed E-state index contributed by atoms with van der Waals surface area (Å²) < 4.78 is 5.27. The predicted octanol–water partition coefficient (Wildman–Crippen LogP) is 1.58. The minimum Gasteiger partial charge on any atom is -0.461 e. The van der Waals surface area contributed by atoms with Crippen LogP contribution in [0.2, 0.25) is 0 Å². The fraction of sp³-hybridized carbons (Fsp3) is 0.462. The van der Waals surface area contributed by atoms with Crippen LogP contribution in [0, 0.1) is 0 Å². The lowest BCUT2D eigenvalue weighted by molar-refractivity contribution is -0.143. The van der Waals surface area contributed by atoms with Crippen LogP contribution < -0.4 is 0 Å². The molecule has 2 atom stereocenters. The predicted molar refractivity (Wildman–Crippen MR) is 59.8 cm³/mol. The number of rotatable bonds is 2. The highest BCUT2D eigenvalue weighted by Gasteiger charge is 2.42. The van der Waals surface area contributed by atoms with E-state index in [1.807, 2.05) is 18.2 Å². The molecule has 0 saturated carbocycles. The van der Waals surface area contributed by atoms with Gasteiger partial charge in [0.15, 0.2) is 0 Å². The molecule has 84 valence electrons. The van der Waals surface area contributed by atoms with Crippen molar-refractivity contribution >= 4 is 5.97 Å². The van der Waals surface area contributed by atoms with Gasteiger partial charge in [0.1, 0.15) is 12.1 Å². The van der Waals surface area contributed by atoms with Gasteiger partial charge in [-0.2, -0.15) is 0 Å². The van der Waals surface area contributed by atoms with E-state index in [0.717, 1.165) is 25.9 Å². The van der Waals surface area contributed by atoms with Gasteiger partial charge in [-0.15, -0.1) is 0 Å². The average Bonchev–Trinajstić information content (AvgIpc) is 2.61. The molecule has 3 nitrogen and oxygen atoms in total. The first kappa shape index (κ1) is 9.85. The fourth-order valence-corrected chi connectivity index (χ4v) is 2.58. The van der Waals surface area contributed by atoms with Crippen molar-refractivity contribution < 1.29 is 9.53 Å². The summed E-state index contributed by atoms with van der Waals surface area (Å²) in [6.45, 7) is 1.82. The van der Waals surface area contributed by atoms with E-state index in [0.29, 0.717) is 0 Å². The Morgan fingerprint density at radius 1 is 1.31 bits per heavy atom. The van der Waals surface area contributed by atoms with Gasteiger partial charge in [-0.05, 0) is 12.0 Å². The second-order valence-electron chi connectivity index (χ2n) is 4.56. The Labute approximate surface area is 95.0 Å². The first-order valence-electron chi connectivity index (χ1n) is 5.81. The number of esters is 1. The van der Waals surface area contributed by atoms with Gasteiger partial charge in [0.2, 0.25) is 0 Å². The molecule has 0 spiro atoms. The number of hydrogen-bond donors (Lipinski definition) is 0.